The van der Waals surface area contributed by atoms with Gasteiger partial charge in [-0.1, -0.05) is 5.11 Å². The van der Waals surface area contributed by atoms with Gasteiger partial charge in [-0.15, -0.1) is 0 Å². The largest absolute Gasteiger partial charge is 0.507 e. The zero-order chi connectivity index (χ0) is 29.1. The number of hydrogen-bond acceptors (Lipinski definition) is 8. The molecule has 0 spiro atoms. The summed E-state index contributed by atoms with van der Waals surface area (Å²) in [6.07, 6.45) is -0.498. The summed E-state index contributed by atoms with van der Waals surface area (Å²) in [4.78, 5) is 68.0. The van der Waals surface area contributed by atoms with Gasteiger partial charge in [0, 0.05) is 27.6 Å². The first kappa shape index (κ1) is 29.8. The fourth-order valence-electron chi connectivity index (χ4n) is 4.32. The van der Waals surface area contributed by atoms with Crippen molar-refractivity contribution in [1.29, 1.82) is 0 Å². The highest BCUT2D eigenvalue weighted by Gasteiger charge is 2.44. The Hall–Kier alpha value is -3.79. The number of benzene rings is 1. The molecule has 3 atom stereocenters. The van der Waals surface area contributed by atoms with Crippen molar-refractivity contribution in [1.82, 2.24) is 20.4 Å². The van der Waals surface area contributed by atoms with E-state index in [1.807, 2.05) is 22.6 Å². The molecule has 2 fully saturated rings. The number of halogens is 1. The van der Waals surface area contributed by atoms with Crippen molar-refractivity contribution in [2.75, 3.05) is 19.6 Å². The van der Waals surface area contributed by atoms with Crippen LogP contribution in [0.1, 0.15) is 44.0 Å². The van der Waals surface area contributed by atoms with Crippen LogP contribution in [-0.4, -0.2) is 88.0 Å². The predicted octanol–water partition coefficient (Wildman–Crippen LogP) is 1.25. The normalized spacial score (nSPS) is 20.8. The van der Waals surface area contributed by atoms with E-state index in [0.29, 0.717) is 3.57 Å². The van der Waals surface area contributed by atoms with Gasteiger partial charge in [0.25, 0.3) is 5.91 Å². The number of nitrogens with one attached hydrogen (secondary N) is 2. The second-order valence-corrected chi connectivity index (χ2v) is 11.3. The number of carbonyl (C=O) groups is 5. The van der Waals surface area contributed by atoms with Gasteiger partial charge in [-0.05, 0) is 73.9 Å². The van der Waals surface area contributed by atoms with E-state index in [1.54, 1.807) is 20.8 Å². The summed E-state index contributed by atoms with van der Waals surface area (Å²) in [7, 11) is 0. The third-order valence-corrected chi connectivity index (χ3v) is 6.85. The van der Waals surface area contributed by atoms with Crippen LogP contribution in [0.5, 0.6) is 5.75 Å². The fourth-order valence-corrected chi connectivity index (χ4v) is 4.89. The van der Waals surface area contributed by atoms with Crippen molar-refractivity contribution in [2.24, 2.45) is 10.8 Å². The summed E-state index contributed by atoms with van der Waals surface area (Å²) < 4.78 is 5.88. The van der Waals surface area contributed by atoms with Crippen LogP contribution in [0.3, 0.4) is 0 Å². The molecule has 2 aliphatic rings. The van der Waals surface area contributed by atoms with Crippen molar-refractivity contribution in [3.05, 3.63) is 31.7 Å². The van der Waals surface area contributed by atoms with Gasteiger partial charge in [0.2, 0.25) is 17.7 Å². The lowest BCUT2D eigenvalue weighted by Gasteiger charge is -2.28. The van der Waals surface area contributed by atoms with Crippen LogP contribution in [0.15, 0.2) is 17.2 Å². The van der Waals surface area contributed by atoms with E-state index in [4.69, 9.17) is 16.0 Å². The molecule has 210 valence electrons. The minimum atomic E-state index is -1.07. The molecule has 2 saturated heterocycles. The van der Waals surface area contributed by atoms with Gasteiger partial charge in [-0.25, -0.2) is 4.79 Å². The van der Waals surface area contributed by atoms with Gasteiger partial charge in [-0.2, -0.15) is 0 Å². The van der Waals surface area contributed by atoms with Crippen LogP contribution in [0, 0.1) is 3.57 Å². The molecule has 0 aliphatic carbocycles. The van der Waals surface area contributed by atoms with Gasteiger partial charge in [-0.3, -0.25) is 24.1 Å². The highest BCUT2D eigenvalue weighted by atomic mass is 127. The molecule has 1 aromatic carbocycles. The van der Waals surface area contributed by atoms with E-state index in [-0.39, 0.29) is 43.7 Å². The smallest absolute Gasteiger partial charge is 0.411 e. The standard InChI is InChI=1S/C23H29IN8O7/c1-23(2,3)39-22(38)32-9-11(27-19(35)12-7-13(24)15(29-30-26)8-17(12)33)6-16(32)20(36)28-14-4-5-31(21(14)37)10-18(25)34/h7-8,11,14,16,33H,4-6,9-10H2,1-3H3,(H2,25,34)(H,27,35)(H,28,36)/t11-,14+,16-/m0/s1. The number of phenolic OH excluding ortho intramolecular Hbond substituents is 1. The van der Waals surface area contributed by atoms with Crippen molar-refractivity contribution in [3.63, 3.8) is 0 Å². The van der Waals surface area contributed by atoms with Crippen LogP contribution in [0.25, 0.3) is 10.4 Å². The number of primary amides is 1. The number of phenols is 1. The third-order valence-electron chi connectivity index (χ3n) is 5.99. The molecule has 0 bridgehead atoms. The molecule has 5 amide bonds. The van der Waals surface area contributed by atoms with Crippen molar-refractivity contribution in [3.8, 4) is 5.75 Å². The van der Waals surface area contributed by atoms with Gasteiger partial charge < -0.3 is 31.1 Å². The minimum absolute atomic E-state index is 0.0113. The molecule has 16 heteroatoms. The Bertz CT molecular complexity index is 1240. The Morgan fingerprint density at radius 3 is 2.59 bits per heavy atom. The first-order chi connectivity index (χ1) is 18.2. The first-order valence-corrected chi connectivity index (χ1v) is 13.0. The number of ether oxygens (including phenoxy) is 1. The monoisotopic (exact) mass is 656 g/mol. The lowest BCUT2D eigenvalue weighted by Crippen LogP contribution is -2.51. The quantitative estimate of drug-likeness (QED) is 0.145. The van der Waals surface area contributed by atoms with E-state index in [0.717, 1.165) is 6.07 Å². The molecular weight excluding hydrogens is 627 g/mol. The summed E-state index contributed by atoms with van der Waals surface area (Å²) in [6.45, 7) is 4.92. The molecule has 0 unspecified atom stereocenters. The lowest BCUT2D eigenvalue weighted by atomic mass is 10.1. The van der Waals surface area contributed by atoms with Gasteiger partial charge in [0.15, 0.2) is 0 Å². The number of nitrogens with zero attached hydrogens (tertiary/aromatic N) is 5. The number of hydrogen-bond donors (Lipinski definition) is 4. The van der Waals surface area contributed by atoms with E-state index >= 15 is 0 Å². The summed E-state index contributed by atoms with van der Waals surface area (Å²) in [6, 6.07) is -0.137. The molecular formula is C23H29IN8O7. The number of carbonyl (C=O) groups excluding carboxylic acids is 5. The van der Waals surface area contributed by atoms with Gasteiger partial charge in [0.1, 0.15) is 23.4 Å². The van der Waals surface area contributed by atoms with Crippen LogP contribution >= 0.6 is 22.6 Å². The number of amides is 5. The second kappa shape index (κ2) is 11.9. The molecule has 0 saturated carbocycles. The number of azide groups is 1. The molecule has 2 aliphatic heterocycles. The maximum atomic E-state index is 13.2. The van der Waals surface area contributed by atoms with Crippen LogP contribution in [0.4, 0.5) is 10.5 Å². The Labute approximate surface area is 237 Å². The van der Waals surface area contributed by atoms with E-state index < -0.39 is 59.2 Å². The third kappa shape index (κ3) is 7.41. The molecule has 3 rings (SSSR count). The number of rotatable bonds is 7. The number of aromatic hydroxyl groups is 1. The molecule has 15 nitrogen and oxygen atoms in total. The molecule has 2 heterocycles. The zero-order valence-electron chi connectivity index (χ0n) is 21.5. The van der Waals surface area contributed by atoms with E-state index in [9.17, 15) is 29.1 Å². The van der Waals surface area contributed by atoms with Gasteiger partial charge >= 0.3 is 6.09 Å². The zero-order valence-corrected chi connectivity index (χ0v) is 23.7. The number of likely N-dealkylation sites (tertiary alicyclic amines) is 2. The molecule has 0 radical (unpaired) electrons. The summed E-state index contributed by atoms with van der Waals surface area (Å²) in [5.41, 5.74) is 13.0. The Morgan fingerprint density at radius 2 is 1.97 bits per heavy atom. The average Bonchev–Trinajstić information content (AvgIpc) is 3.39. The Morgan fingerprint density at radius 1 is 1.28 bits per heavy atom. The minimum Gasteiger partial charge on any atom is -0.507 e. The fraction of sp³-hybridized carbons (Fsp3) is 0.522. The molecule has 0 aromatic heterocycles. The Balaban J connectivity index is 1.76. The highest BCUT2D eigenvalue weighted by Crippen LogP contribution is 2.30. The second-order valence-electron chi connectivity index (χ2n) is 10.1. The average molecular weight is 656 g/mol. The summed E-state index contributed by atoms with van der Waals surface area (Å²) in [5, 5.41) is 19.1. The summed E-state index contributed by atoms with van der Waals surface area (Å²) in [5.74, 6) is -2.82. The van der Waals surface area contributed by atoms with Crippen LogP contribution < -0.4 is 16.4 Å². The molecule has 1 aromatic rings. The topological polar surface area (TPSA) is 220 Å². The van der Waals surface area contributed by atoms with Crippen molar-refractivity contribution in [2.45, 2.75) is 57.3 Å². The lowest BCUT2D eigenvalue weighted by molar-refractivity contribution is -0.135. The van der Waals surface area contributed by atoms with E-state index in [2.05, 4.69) is 20.7 Å². The SMILES string of the molecule is CC(C)(C)OC(=O)N1C[C@@H](NC(=O)c2cc(I)c(N=[N+]=[N-])cc2O)C[C@H]1C(=O)N[C@@H]1CCN(CC(N)=O)C1=O. The van der Waals surface area contributed by atoms with Crippen LogP contribution in [-0.2, 0) is 19.1 Å². The van der Waals surface area contributed by atoms with Crippen LogP contribution in [0.2, 0.25) is 0 Å². The van der Waals surface area contributed by atoms with Crippen molar-refractivity contribution < 1.29 is 33.8 Å². The molecule has 5 N–H and O–H groups in total. The maximum Gasteiger partial charge on any atom is 0.411 e. The molecule has 39 heavy (non-hydrogen) atoms. The van der Waals surface area contributed by atoms with Gasteiger partial charge in [0.05, 0.1) is 17.8 Å². The Kier molecular flexibility index (Phi) is 9.11. The number of nitrogens with two attached hydrogens (primary N) is 1. The van der Waals surface area contributed by atoms with E-state index in [1.165, 1.54) is 15.9 Å². The predicted molar refractivity (Wildman–Crippen MR) is 145 cm³/mol. The van der Waals surface area contributed by atoms with Crippen molar-refractivity contribution >= 4 is 58.0 Å². The summed E-state index contributed by atoms with van der Waals surface area (Å²) >= 11 is 1.86. The maximum absolute atomic E-state index is 13.2. The first-order valence-electron chi connectivity index (χ1n) is 12.0. The highest BCUT2D eigenvalue weighted by molar-refractivity contribution is 14.1.